The van der Waals surface area contributed by atoms with Gasteiger partial charge in [0.05, 0.1) is 17.4 Å². The molecule has 2 fully saturated rings. The van der Waals surface area contributed by atoms with E-state index in [2.05, 4.69) is 0 Å². The van der Waals surface area contributed by atoms with Crippen LogP contribution >= 0.6 is 0 Å². The van der Waals surface area contributed by atoms with Crippen molar-refractivity contribution in [2.24, 2.45) is 10.8 Å². The fraction of sp³-hybridized carbons (Fsp3) is 0.842. The molecule has 0 aromatic carbocycles. The molecule has 0 amide bonds. The van der Waals surface area contributed by atoms with E-state index in [9.17, 15) is 14.4 Å². The molecule has 25 heavy (non-hydrogen) atoms. The number of hydrogen-bond donors (Lipinski definition) is 2. The number of esters is 1. The second-order valence-electron chi connectivity index (χ2n) is 7.76. The number of carbonyl (C=O) groups is 3. The molecule has 0 aromatic heterocycles. The van der Waals surface area contributed by atoms with Crippen molar-refractivity contribution in [1.29, 1.82) is 0 Å². The molecule has 0 radical (unpaired) electrons. The molecule has 0 saturated heterocycles. The van der Waals surface area contributed by atoms with Crippen LogP contribution in [0.5, 0.6) is 0 Å². The van der Waals surface area contributed by atoms with Crippen molar-refractivity contribution in [1.82, 2.24) is 0 Å². The van der Waals surface area contributed by atoms with Crippen molar-refractivity contribution in [3.05, 3.63) is 0 Å². The zero-order chi connectivity index (χ0) is 18.3. The number of ether oxygens (including phenoxy) is 1. The van der Waals surface area contributed by atoms with Crippen molar-refractivity contribution < 1.29 is 29.3 Å². The highest BCUT2D eigenvalue weighted by Crippen LogP contribution is 2.50. The van der Waals surface area contributed by atoms with E-state index >= 15 is 0 Å². The molecule has 142 valence electrons. The minimum Gasteiger partial charge on any atom is -0.481 e. The van der Waals surface area contributed by atoms with E-state index in [1.54, 1.807) is 0 Å². The minimum atomic E-state index is -0.678. The SMILES string of the molecule is O=C(CCCCCC1(C(=O)O)CC1)OCCCCCC1(C(=O)O)CC1. The average molecular weight is 354 g/mol. The molecular formula is C19H30O6. The molecule has 2 aliphatic carbocycles. The Balaban J connectivity index is 1.39. The first-order valence-electron chi connectivity index (χ1n) is 9.53. The molecule has 0 bridgehead atoms. The zero-order valence-corrected chi connectivity index (χ0v) is 14.9. The number of unbranched alkanes of at least 4 members (excludes halogenated alkanes) is 4. The van der Waals surface area contributed by atoms with Crippen molar-refractivity contribution >= 4 is 17.9 Å². The summed E-state index contributed by atoms with van der Waals surface area (Å²) in [6.07, 6.45) is 10.0. The fourth-order valence-electron chi connectivity index (χ4n) is 3.35. The predicted molar refractivity (Wildman–Crippen MR) is 91.1 cm³/mol. The Labute approximate surface area is 148 Å². The van der Waals surface area contributed by atoms with E-state index < -0.39 is 22.8 Å². The standard InChI is InChI=1S/C19H30O6/c20-15(7-3-1-4-8-18(10-11-18)16(21)22)25-14-6-2-5-9-19(12-13-19)17(23)24/h1-14H2,(H,21,22)(H,23,24). The highest BCUT2D eigenvalue weighted by molar-refractivity contribution is 5.78. The third-order valence-corrected chi connectivity index (χ3v) is 5.71. The number of hydrogen-bond acceptors (Lipinski definition) is 4. The first-order chi connectivity index (χ1) is 11.9. The molecular weight excluding hydrogens is 324 g/mol. The summed E-state index contributed by atoms with van der Waals surface area (Å²) in [5, 5.41) is 18.2. The van der Waals surface area contributed by atoms with Crippen molar-refractivity contribution in [3.8, 4) is 0 Å². The third kappa shape index (κ3) is 6.01. The van der Waals surface area contributed by atoms with Gasteiger partial charge in [-0.05, 0) is 51.4 Å². The lowest BCUT2D eigenvalue weighted by Crippen LogP contribution is -2.14. The summed E-state index contributed by atoms with van der Waals surface area (Å²) in [5.74, 6) is -1.54. The number of carboxylic acids is 2. The van der Waals surface area contributed by atoms with E-state index in [0.717, 1.165) is 77.0 Å². The normalized spacial score (nSPS) is 19.2. The maximum Gasteiger partial charge on any atom is 0.309 e. The largest absolute Gasteiger partial charge is 0.481 e. The Morgan fingerprint density at radius 1 is 0.720 bits per heavy atom. The van der Waals surface area contributed by atoms with Gasteiger partial charge in [-0.1, -0.05) is 25.7 Å². The molecule has 2 rings (SSSR count). The number of aliphatic carboxylic acids is 2. The topological polar surface area (TPSA) is 101 Å². The van der Waals surface area contributed by atoms with Gasteiger partial charge in [-0.25, -0.2) is 0 Å². The summed E-state index contributed by atoms with van der Waals surface area (Å²) in [5.41, 5.74) is -0.906. The second-order valence-corrected chi connectivity index (χ2v) is 7.76. The van der Waals surface area contributed by atoms with Gasteiger partial charge >= 0.3 is 17.9 Å². The lowest BCUT2D eigenvalue weighted by atomic mass is 9.98. The van der Waals surface area contributed by atoms with Crippen LogP contribution < -0.4 is 0 Å². The van der Waals surface area contributed by atoms with E-state index in [0.29, 0.717) is 13.0 Å². The quantitative estimate of drug-likeness (QED) is 0.364. The lowest BCUT2D eigenvalue weighted by molar-refractivity contribution is -0.145. The zero-order valence-electron chi connectivity index (χ0n) is 14.9. The summed E-state index contributed by atoms with van der Waals surface area (Å²) >= 11 is 0. The lowest BCUT2D eigenvalue weighted by Gasteiger charge is -2.09. The van der Waals surface area contributed by atoms with Gasteiger partial charge in [0.15, 0.2) is 0 Å². The Bertz CT molecular complexity index is 490. The Kier molecular flexibility index (Phi) is 6.85. The molecule has 2 aliphatic rings. The molecule has 0 atom stereocenters. The van der Waals surface area contributed by atoms with Crippen LogP contribution in [0.2, 0.25) is 0 Å². The van der Waals surface area contributed by atoms with Crippen molar-refractivity contribution in [2.75, 3.05) is 6.61 Å². The van der Waals surface area contributed by atoms with Crippen LogP contribution in [0.4, 0.5) is 0 Å². The number of rotatable bonds is 14. The minimum absolute atomic E-state index is 0.191. The van der Waals surface area contributed by atoms with Crippen LogP contribution in [0.1, 0.15) is 83.5 Å². The fourth-order valence-corrected chi connectivity index (χ4v) is 3.35. The van der Waals surface area contributed by atoms with Gasteiger partial charge in [0.1, 0.15) is 0 Å². The van der Waals surface area contributed by atoms with Gasteiger partial charge in [-0.15, -0.1) is 0 Å². The van der Waals surface area contributed by atoms with E-state index in [-0.39, 0.29) is 5.97 Å². The Morgan fingerprint density at radius 2 is 1.20 bits per heavy atom. The maximum atomic E-state index is 11.6. The smallest absolute Gasteiger partial charge is 0.309 e. The van der Waals surface area contributed by atoms with Gasteiger partial charge < -0.3 is 14.9 Å². The summed E-state index contributed by atoms with van der Waals surface area (Å²) in [7, 11) is 0. The van der Waals surface area contributed by atoms with Gasteiger partial charge in [0.2, 0.25) is 0 Å². The van der Waals surface area contributed by atoms with Crippen molar-refractivity contribution in [2.45, 2.75) is 83.5 Å². The molecule has 0 heterocycles. The van der Waals surface area contributed by atoms with Crippen LogP contribution in [0.25, 0.3) is 0 Å². The predicted octanol–water partition coefficient (Wildman–Crippen LogP) is 3.77. The maximum absolute atomic E-state index is 11.6. The van der Waals surface area contributed by atoms with Gasteiger partial charge in [-0.2, -0.15) is 0 Å². The summed E-state index contributed by atoms with van der Waals surface area (Å²) in [4.78, 5) is 33.7. The van der Waals surface area contributed by atoms with E-state index in [1.165, 1.54) is 0 Å². The molecule has 0 aromatic rings. The van der Waals surface area contributed by atoms with Crippen molar-refractivity contribution in [3.63, 3.8) is 0 Å². The Hall–Kier alpha value is -1.59. The summed E-state index contributed by atoms with van der Waals surface area (Å²) in [6.45, 7) is 0.404. The first kappa shape index (κ1) is 19.7. The van der Waals surface area contributed by atoms with Crippen LogP contribution in [0.3, 0.4) is 0 Å². The van der Waals surface area contributed by atoms with Gasteiger partial charge in [-0.3, -0.25) is 14.4 Å². The Morgan fingerprint density at radius 3 is 1.64 bits per heavy atom. The molecule has 0 aliphatic heterocycles. The first-order valence-corrected chi connectivity index (χ1v) is 9.53. The highest BCUT2D eigenvalue weighted by atomic mass is 16.5. The van der Waals surface area contributed by atoms with E-state index in [4.69, 9.17) is 14.9 Å². The molecule has 6 heteroatoms. The van der Waals surface area contributed by atoms with Crippen LogP contribution in [-0.4, -0.2) is 34.7 Å². The summed E-state index contributed by atoms with van der Waals surface area (Å²) < 4.78 is 5.19. The van der Waals surface area contributed by atoms with Gasteiger partial charge in [0, 0.05) is 6.42 Å². The molecule has 0 unspecified atom stereocenters. The van der Waals surface area contributed by atoms with Gasteiger partial charge in [0.25, 0.3) is 0 Å². The molecule has 6 nitrogen and oxygen atoms in total. The third-order valence-electron chi connectivity index (χ3n) is 5.71. The average Bonchev–Trinajstić information content (AvgIpc) is 3.45. The summed E-state index contributed by atoms with van der Waals surface area (Å²) in [6, 6.07) is 0. The molecule has 2 saturated carbocycles. The number of carboxylic acid groups (broad SMARTS) is 2. The monoisotopic (exact) mass is 354 g/mol. The highest BCUT2D eigenvalue weighted by Gasteiger charge is 2.49. The number of carbonyl (C=O) groups excluding carboxylic acids is 1. The molecule has 0 spiro atoms. The van der Waals surface area contributed by atoms with Crippen LogP contribution in [-0.2, 0) is 19.1 Å². The molecule has 2 N–H and O–H groups in total. The van der Waals surface area contributed by atoms with Crippen LogP contribution in [0, 0.1) is 10.8 Å². The van der Waals surface area contributed by atoms with Crippen LogP contribution in [0.15, 0.2) is 0 Å². The second kappa shape index (κ2) is 8.68. The van der Waals surface area contributed by atoms with E-state index in [1.807, 2.05) is 0 Å².